The molecule has 2 aromatic rings. The molecule has 1 heterocycles. The van der Waals surface area contributed by atoms with E-state index in [1.807, 2.05) is 13.8 Å². The Morgan fingerprint density at radius 1 is 1.30 bits per heavy atom. The Bertz CT molecular complexity index is 709. The number of hydrogen-bond donors (Lipinski definition) is 0. The molecule has 0 unspecified atom stereocenters. The number of aryl methyl sites for hydroxylation is 1. The second-order valence-electron chi connectivity index (χ2n) is 6.11. The third-order valence-electron chi connectivity index (χ3n) is 4.42. The van der Waals surface area contributed by atoms with E-state index in [-0.39, 0.29) is 17.8 Å². The minimum Gasteiger partial charge on any atom is -0.336 e. The van der Waals surface area contributed by atoms with Crippen LogP contribution in [0.2, 0.25) is 0 Å². The van der Waals surface area contributed by atoms with Crippen LogP contribution in [0.25, 0.3) is 11.0 Å². The second-order valence-corrected chi connectivity index (χ2v) is 6.11. The molecule has 0 N–H and O–H groups in total. The van der Waals surface area contributed by atoms with E-state index in [1.54, 1.807) is 30.1 Å². The summed E-state index contributed by atoms with van der Waals surface area (Å²) in [5.41, 5.74) is 1.49. The van der Waals surface area contributed by atoms with Crippen LogP contribution in [-0.4, -0.2) is 32.9 Å². The van der Waals surface area contributed by atoms with Gasteiger partial charge >= 0.3 is 0 Å². The number of fused-ring (bicyclic) bond motifs is 1. The van der Waals surface area contributed by atoms with Crippen LogP contribution in [0.3, 0.4) is 0 Å². The molecule has 126 valence electrons. The van der Waals surface area contributed by atoms with Gasteiger partial charge in [-0.15, -0.1) is 0 Å². The van der Waals surface area contributed by atoms with Crippen molar-refractivity contribution in [3.05, 3.63) is 29.6 Å². The summed E-state index contributed by atoms with van der Waals surface area (Å²) in [6.45, 7) is 8.68. The van der Waals surface area contributed by atoms with Crippen molar-refractivity contribution >= 4 is 16.9 Å². The number of nitrogens with zero attached hydrogens (tertiary/aromatic N) is 3. The predicted octanol–water partition coefficient (Wildman–Crippen LogP) is 4.02. The Morgan fingerprint density at radius 3 is 2.48 bits per heavy atom. The molecule has 1 amide bonds. The number of amides is 1. The maximum atomic E-state index is 12.9. The van der Waals surface area contributed by atoms with E-state index < -0.39 is 6.43 Å². The molecule has 1 aromatic carbocycles. The molecule has 0 fully saturated rings. The van der Waals surface area contributed by atoms with Crippen molar-refractivity contribution in [1.29, 1.82) is 0 Å². The molecular weight excluding hydrogens is 300 g/mol. The first-order valence-electron chi connectivity index (χ1n) is 7.83. The van der Waals surface area contributed by atoms with Crippen LogP contribution < -0.4 is 0 Å². The molecule has 0 aliphatic rings. The first-order chi connectivity index (χ1) is 10.8. The fourth-order valence-corrected chi connectivity index (χ4v) is 2.69. The molecule has 6 heteroatoms. The van der Waals surface area contributed by atoms with Crippen LogP contribution in [0, 0.1) is 5.92 Å². The Labute approximate surface area is 135 Å². The Morgan fingerprint density at radius 2 is 1.96 bits per heavy atom. The molecule has 1 atom stereocenters. The molecular formula is C17H23F2N3O. The summed E-state index contributed by atoms with van der Waals surface area (Å²) in [7, 11) is 1.55. The van der Waals surface area contributed by atoms with Crippen LogP contribution in [0.4, 0.5) is 8.78 Å². The van der Waals surface area contributed by atoms with Crippen molar-refractivity contribution < 1.29 is 13.6 Å². The average Bonchev–Trinajstić information content (AvgIpc) is 2.84. The summed E-state index contributed by atoms with van der Waals surface area (Å²) >= 11 is 0. The van der Waals surface area contributed by atoms with E-state index in [2.05, 4.69) is 18.8 Å². The number of halogens is 2. The van der Waals surface area contributed by atoms with Gasteiger partial charge in [-0.25, -0.2) is 13.8 Å². The number of benzene rings is 1. The minimum atomic E-state index is -2.64. The minimum absolute atomic E-state index is 0.0974. The molecule has 0 spiro atoms. The number of rotatable bonds is 5. The summed E-state index contributed by atoms with van der Waals surface area (Å²) < 4.78 is 27.3. The van der Waals surface area contributed by atoms with E-state index in [0.717, 1.165) is 0 Å². The van der Waals surface area contributed by atoms with Crippen LogP contribution in [0.5, 0.6) is 0 Å². The molecule has 4 nitrogen and oxygen atoms in total. The Kier molecular flexibility index (Phi) is 5.02. The van der Waals surface area contributed by atoms with Crippen LogP contribution >= 0.6 is 0 Å². The number of alkyl halides is 2. The summed E-state index contributed by atoms with van der Waals surface area (Å²) in [5.74, 6) is -0.0461. The van der Waals surface area contributed by atoms with Gasteiger partial charge in [0.15, 0.2) is 5.82 Å². The van der Waals surface area contributed by atoms with Gasteiger partial charge in [0.05, 0.1) is 11.0 Å². The maximum Gasteiger partial charge on any atom is 0.295 e. The maximum absolute atomic E-state index is 12.9. The lowest BCUT2D eigenvalue weighted by molar-refractivity contribution is 0.0660. The average molecular weight is 323 g/mol. The molecule has 0 aliphatic carbocycles. The summed E-state index contributed by atoms with van der Waals surface area (Å²) in [5, 5.41) is 0. The van der Waals surface area contributed by atoms with Gasteiger partial charge in [-0.3, -0.25) is 4.79 Å². The molecule has 2 rings (SSSR count). The Hall–Kier alpha value is -1.98. The van der Waals surface area contributed by atoms with Gasteiger partial charge in [0.1, 0.15) is 0 Å². The zero-order valence-electron chi connectivity index (χ0n) is 14.2. The fourth-order valence-electron chi connectivity index (χ4n) is 2.69. The zero-order chi connectivity index (χ0) is 17.3. The van der Waals surface area contributed by atoms with Gasteiger partial charge in [0.2, 0.25) is 0 Å². The number of carbonyl (C=O) groups excluding carboxylic acids is 1. The molecule has 0 aliphatic heterocycles. The first kappa shape index (κ1) is 17.4. The third-order valence-corrected chi connectivity index (χ3v) is 4.42. The molecule has 0 bridgehead atoms. The van der Waals surface area contributed by atoms with Gasteiger partial charge in [-0.2, -0.15) is 0 Å². The highest BCUT2D eigenvalue weighted by Crippen LogP contribution is 2.24. The van der Waals surface area contributed by atoms with Crippen molar-refractivity contribution in [1.82, 2.24) is 14.5 Å². The van der Waals surface area contributed by atoms with Gasteiger partial charge < -0.3 is 9.47 Å². The SMILES string of the molecule is CCN(C(=O)c1ccc2c(c1)nc(C(F)F)n2C)[C@@H](C)C(C)C. The standard InChI is InChI=1S/C17H23F2N3O/c1-6-22(11(4)10(2)3)17(23)12-7-8-14-13(9-12)20-16(15(18)19)21(14)5/h7-11,15H,6H2,1-5H3/t11-/m0/s1. The smallest absolute Gasteiger partial charge is 0.295 e. The topological polar surface area (TPSA) is 38.1 Å². The highest BCUT2D eigenvalue weighted by atomic mass is 19.3. The summed E-state index contributed by atoms with van der Waals surface area (Å²) in [6, 6.07) is 5.05. The van der Waals surface area contributed by atoms with Crippen molar-refractivity contribution in [2.24, 2.45) is 13.0 Å². The monoisotopic (exact) mass is 323 g/mol. The predicted molar refractivity (Wildman–Crippen MR) is 86.7 cm³/mol. The van der Waals surface area contributed by atoms with E-state index in [4.69, 9.17) is 0 Å². The van der Waals surface area contributed by atoms with Crippen molar-refractivity contribution in [3.63, 3.8) is 0 Å². The lowest BCUT2D eigenvalue weighted by Gasteiger charge is -2.31. The van der Waals surface area contributed by atoms with E-state index in [1.165, 1.54) is 4.57 Å². The van der Waals surface area contributed by atoms with E-state index in [9.17, 15) is 13.6 Å². The molecule has 0 saturated carbocycles. The van der Waals surface area contributed by atoms with Crippen molar-refractivity contribution in [2.45, 2.75) is 40.2 Å². The summed E-state index contributed by atoms with van der Waals surface area (Å²) in [4.78, 5) is 18.5. The van der Waals surface area contributed by atoms with Gasteiger partial charge in [-0.1, -0.05) is 13.8 Å². The molecule has 0 radical (unpaired) electrons. The highest BCUT2D eigenvalue weighted by molar-refractivity contribution is 5.97. The van der Waals surface area contributed by atoms with Gasteiger partial charge in [0.25, 0.3) is 12.3 Å². The fraction of sp³-hybridized carbons (Fsp3) is 0.529. The van der Waals surface area contributed by atoms with Crippen LogP contribution in [0.1, 0.15) is 50.3 Å². The third kappa shape index (κ3) is 3.21. The van der Waals surface area contributed by atoms with Crippen molar-refractivity contribution in [3.8, 4) is 0 Å². The molecule has 1 aromatic heterocycles. The normalized spacial score (nSPS) is 13.1. The van der Waals surface area contributed by atoms with Crippen LogP contribution in [-0.2, 0) is 7.05 Å². The van der Waals surface area contributed by atoms with E-state index >= 15 is 0 Å². The quantitative estimate of drug-likeness (QED) is 0.833. The second kappa shape index (κ2) is 6.64. The number of aromatic nitrogens is 2. The summed E-state index contributed by atoms with van der Waals surface area (Å²) in [6.07, 6.45) is -2.64. The van der Waals surface area contributed by atoms with Crippen LogP contribution in [0.15, 0.2) is 18.2 Å². The largest absolute Gasteiger partial charge is 0.336 e. The van der Waals surface area contributed by atoms with Gasteiger partial charge in [-0.05, 0) is 38.0 Å². The highest BCUT2D eigenvalue weighted by Gasteiger charge is 2.23. The number of imidazole rings is 1. The zero-order valence-corrected chi connectivity index (χ0v) is 14.2. The first-order valence-corrected chi connectivity index (χ1v) is 7.83. The van der Waals surface area contributed by atoms with Crippen molar-refractivity contribution in [2.75, 3.05) is 6.54 Å². The van der Waals surface area contributed by atoms with Gasteiger partial charge in [0, 0.05) is 25.2 Å². The number of hydrogen-bond acceptors (Lipinski definition) is 2. The molecule has 23 heavy (non-hydrogen) atoms. The lowest BCUT2D eigenvalue weighted by Crippen LogP contribution is -2.41. The Balaban J connectivity index is 2.42. The van der Waals surface area contributed by atoms with E-state index in [0.29, 0.717) is 29.1 Å². The molecule has 0 saturated heterocycles. The lowest BCUT2D eigenvalue weighted by atomic mass is 10.0. The number of carbonyl (C=O) groups is 1.